The lowest BCUT2D eigenvalue weighted by Gasteiger charge is -2.22. The first-order valence-corrected chi connectivity index (χ1v) is 5.94. The fraction of sp³-hybridized carbons (Fsp3) is 0.727. The van der Waals surface area contributed by atoms with Gasteiger partial charge in [-0.1, -0.05) is 20.3 Å². The van der Waals surface area contributed by atoms with Crippen molar-refractivity contribution in [3.8, 4) is 0 Å². The average Bonchev–Trinajstić information content (AvgIpc) is 2.62. The van der Waals surface area contributed by atoms with Gasteiger partial charge in [-0.25, -0.2) is 0 Å². The zero-order chi connectivity index (χ0) is 11.5. The predicted octanol–water partition coefficient (Wildman–Crippen LogP) is 2.06. The van der Waals surface area contributed by atoms with Crippen LogP contribution in [-0.2, 0) is 4.79 Å². The van der Waals surface area contributed by atoms with Crippen molar-refractivity contribution in [2.75, 3.05) is 5.32 Å². The van der Waals surface area contributed by atoms with E-state index in [-0.39, 0.29) is 11.8 Å². The minimum atomic E-state index is -0.0124. The fourth-order valence-electron chi connectivity index (χ4n) is 1.61. The third-order valence-electron chi connectivity index (χ3n) is 3.29. The van der Waals surface area contributed by atoms with Crippen molar-refractivity contribution in [3.63, 3.8) is 0 Å². The van der Waals surface area contributed by atoms with Crippen LogP contribution in [0.5, 0.6) is 0 Å². The number of nitrogens with one attached hydrogen (secondary N) is 2. The van der Waals surface area contributed by atoms with Crippen LogP contribution in [0.4, 0.5) is 5.95 Å². The number of H-pyrrole nitrogens is 1. The van der Waals surface area contributed by atoms with Gasteiger partial charge < -0.3 is 0 Å². The number of aromatic amines is 1. The molecule has 0 unspecified atom stereocenters. The van der Waals surface area contributed by atoms with Crippen LogP contribution in [0.25, 0.3) is 0 Å². The molecule has 88 valence electrons. The van der Waals surface area contributed by atoms with Crippen LogP contribution in [-0.4, -0.2) is 21.1 Å². The zero-order valence-electron chi connectivity index (χ0n) is 9.79. The van der Waals surface area contributed by atoms with Gasteiger partial charge in [-0.3, -0.25) is 15.2 Å². The third kappa shape index (κ3) is 2.23. The zero-order valence-corrected chi connectivity index (χ0v) is 9.79. The van der Waals surface area contributed by atoms with Crippen LogP contribution in [0, 0.1) is 5.92 Å². The van der Waals surface area contributed by atoms with Gasteiger partial charge in [-0.2, -0.15) is 4.98 Å². The Morgan fingerprint density at radius 3 is 2.94 bits per heavy atom. The summed E-state index contributed by atoms with van der Waals surface area (Å²) in [4.78, 5) is 15.9. The van der Waals surface area contributed by atoms with Gasteiger partial charge in [0.15, 0.2) is 0 Å². The first-order chi connectivity index (χ1) is 7.70. The molecule has 0 bridgehead atoms. The van der Waals surface area contributed by atoms with Gasteiger partial charge in [-0.15, -0.1) is 5.10 Å². The first kappa shape index (κ1) is 11.1. The lowest BCUT2D eigenvalue weighted by molar-refractivity contribution is -0.119. The number of hydrogen-bond acceptors (Lipinski definition) is 3. The van der Waals surface area contributed by atoms with Gasteiger partial charge in [0.25, 0.3) is 0 Å². The minimum Gasteiger partial charge on any atom is -0.293 e. The summed E-state index contributed by atoms with van der Waals surface area (Å²) in [7, 11) is 0. The Hall–Kier alpha value is -1.39. The number of aromatic nitrogens is 3. The Labute approximate surface area is 95.0 Å². The second-order valence-corrected chi connectivity index (χ2v) is 4.47. The molecule has 1 aliphatic carbocycles. The molecule has 2 N–H and O–H groups in total. The molecule has 2 rings (SSSR count). The molecule has 1 aliphatic rings. The van der Waals surface area contributed by atoms with Crippen LogP contribution >= 0.6 is 0 Å². The van der Waals surface area contributed by atoms with Crippen molar-refractivity contribution in [1.82, 2.24) is 15.2 Å². The number of amides is 1. The summed E-state index contributed by atoms with van der Waals surface area (Å²) in [6.07, 6.45) is 4.44. The number of anilines is 1. The molecule has 5 nitrogen and oxygen atoms in total. The molecule has 0 aliphatic heterocycles. The molecule has 1 saturated carbocycles. The minimum absolute atomic E-state index is 0.00523. The van der Waals surface area contributed by atoms with E-state index in [1.54, 1.807) is 0 Å². The average molecular weight is 222 g/mol. The van der Waals surface area contributed by atoms with Crippen LogP contribution in [0.3, 0.4) is 0 Å². The van der Waals surface area contributed by atoms with Crippen molar-refractivity contribution in [3.05, 3.63) is 5.82 Å². The topological polar surface area (TPSA) is 70.7 Å². The maximum atomic E-state index is 11.6. The van der Waals surface area contributed by atoms with E-state index in [9.17, 15) is 4.79 Å². The summed E-state index contributed by atoms with van der Waals surface area (Å²) in [6.45, 7) is 3.89. The van der Waals surface area contributed by atoms with Crippen LogP contribution in [0.15, 0.2) is 0 Å². The van der Waals surface area contributed by atoms with Crippen LogP contribution in [0.1, 0.15) is 51.3 Å². The molecule has 16 heavy (non-hydrogen) atoms. The van der Waals surface area contributed by atoms with Gasteiger partial charge in [0.1, 0.15) is 5.82 Å². The number of carbonyl (C=O) groups excluding carboxylic acids is 1. The second kappa shape index (κ2) is 4.63. The Morgan fingerprint density at radius 1 is 1.62 bits per heavy atom. The number of hydrogen-bond donors (Lipinski definition) is 2. The molecule has 0 radical (unpaired) electrons. The molecular formula is C11H18N4O. The van der Waals surface area contributed by atoms with Gasteiger partial charge >= 0.3 is 0 Å². The summed E-state index contributed by atoms with van der Waals surface area (Å²) >= 11 is 0. The molecule has 0 saturated heterocycles. The van der Waals surface area contributed by atoms with Crippen molar-refractivity contribution in [1.29, 1.82) is 0 Å². The summed E-state index contributed by atoms with van der Waals surface area (Å²) < 4.78 is 0. The standard InChI is InChI=1S/C11H18N4O/c1-3-7(2)10(16)13-11-12-9(14-15-11)8-5-4-6-8/h7-8H,3-6H2,1-2H3,(H2,12,13,14,15,16)/t7-/m0/s1. The maximum absolute atomic E-state index is 11.6. The smallest absolute Gasteiger partial charge is 0.248 e. The Balaban J connectivity index is 1.94. The van der Waals surface area contributed by atoms with Crippen molar-refractivity contribution in [2.45, 2.75) is 45.4 Å². The summed E-state index contributed by atoms with van der Waals surface area (Å²) in [5.74, 6) is 1.83. The molecule has 0 aromatic carbocycles. The Bertz CT molecular complexity index is 370. The Morgan fingerprint density at radius 2 is 2.38 bits per heavy atom. The first-order valence-electron chi connectivity index (χ1n) is 5.94. The van der Waals surface area contributed by atoms with Gasteiger partial charge in [0.2, 0.25) is 11.9 Å². The van der Waals surface area contributed by atoms with E-state index in [2.05, 4.69) is 20.5 Å². The largest absolute Gasteiger partial charge is 0.293 e. The molecular weight excluding hydrogens is 204 g/mol. The number of carbonyl (C=O) groups is 1. The highest BCUT2D eigenvalue weighted by Gasteiger charge is 2.23. The normalized spacial score (nSPS) is 17.9. The second-order valence-electron chi connectivity index (χ2n) is 4.47. The lowest BCUT2D eigenvalue weighted by atomic mass is 9.85. The van der Waals surface area contributed by atoms with Gasteiger partial charge in [0.05, 0.1) is 0 Å². The van der Waals surface area contributed by atoms with Crippen molar-refractivity contribution >= 4 is 11.9 Å². The quantitative estimate of drug-likeness (QED) is 0.819. The van der Waals surface area contributed by atoms with Gasteiger partial charge in [0, 0.05) is 11.8 Å². The molecule has 1 aromatic heterocycles. The monoisotopic (exact) mass is 222 g/mol. The number of rotatable bonds is 4. The number of nitrogens with zero attached hydrogens (tertiary/aromatic N) is 2. The van der Waals surface area contributed by atoms with Gasteiger partial charge in [-0.05, 0) is 19.3 Å². The third-order valence-corrected chi connectivity index (χ3v) is 3.29. The van der Waals surface area contributed by atoms with E-state index in [0.29, 0.717) is 11.9 Å². The molecule has 1 heterocycles. The maximum Gasteiger partial charge on any atom is 0.248 e. The summed E-state index contributed by atoms with van der Waals surface area (Å²) in [5.41, 5.74) is 0. The molecule has 1 amide bonds. The Kier molecular flexibility index (Phi) is 3.22. The van der Waals surface area contributed by atoms with Crippen LogP contribution in [0.2, 0.25) is 0 Å². The van der Waals surface area contributed by atoms with Crippen molar-refractivity contribution in [2.24, 2.45) is 5.92 Å². The lowest BCUT2D eigenvalue weighted by Crippen LogP contribution is -2.20. The summed E-state index contributed by atoms with van der Waals surface area (Å²) in [5, 5.41) is 9.63. The van der Waals surface area contributed by atoms with Crippen molar-refractivity contribution < 1.29 is 4.79 Å². The van der Waals surface area contributed by atoms with Crippen LogP contribution < -0.4 is 5.32 Å². The van der Waals surface area contributed by atoms with E-state index in [4.69, 9.17) is 0 Å². The molecule has 0 spiro atoms. The molecule has 1 atom stereocenters. The van der Waals surface area contributed by atoms with E-state index in [0.717, 1.165) is 12.2 Å². The predicted molar refractivity (Wildman–Crippen MR) is 61.1 cm³/mol. The van der Waals surface area contributed by atoms with E-state index in [1.807, 2.05) is 13.8 Å². The fourth-order valence-corrected chi connectivity index (χ4v) is 1.61. The molecule has 5 heteroatoms. The summed E-state index contributed by atoms with van der Waals surface area (Å²) in [6, 6.07) is 0. The highest BCUT2D eigenvalue weighted by atomic mass is 16.2. The highest BCUT2D eigenvalue weighted by Crippen LogP contribution is 2.34. The molecule has 1 fully saturated rings. The molecule has 1 aromatic rings. The SMILES string of the molecule is CC[C@H](C)C(=O)Nc1n[nH]c(C2CCC2)n1. The van der Waals surface area contributed by atoms with E-state index >= 15 is 0 Å². The van der Waals surface area contributed by atoms with E-state index in [1.165, 1.54) is 19.3 Å². The highest BCUT2D eigenvalue weighted by molar-refractivity contribution is 5.90. The van der Waals surface area contributed by atoms with E-state index < -0.39 is 0 Å².